The van der Waals surface area contributed by atoms with Gasteiger partial charge in [-0.1, -0.05) is 48.5 Å². The van der Waals surface area contributed by atoms with Gasteiger partial charge in [0.2, 0.25) is 0 Å². The minimum Gasteiger partial charge on any atom is -0.320 e. The molecule has 22 heavy (non-hydrogen) atoms. The average molecular weight is 290 g/mol. The molecule has 0 saturated carbocycles. The minimum absolute atomic E-state index is 0.513. The van der Waals surface area contributed by atoms with E-state index in [9.17, 15) is 5.26 Å². The van der Waals surface area contributed by atoms with Crippen LogP contribution < -0.4 is 5.32 Å². The zero-order valence-corrected chi connectivity index (χ0v) is 13.1. The summed E-state index contributed by atoms with van der Waals surface area (Å²) in [6.45, 7) is 0.938. The first kappa shape index (κ1) is 14.8. The molecule has 3 rings (SSSR count). The number of benzene rings is 2. The Morgan fingerprint density at radius 2 is 1.55 bits per heavy atom. The summed E-state index contributed by atoms with van der Waals surface area (Å²) in [5.74, 6) is 0. The van der Waals surface area contributed by atoms with Gasteiger partial charge >= 0.3 is 0 Å². The SMILES string of the molecule is CNCCCC1(C#N)c2ccccc2CCc2ccccc21. The van der Waals surface area contributed by atoms with E-state index >= 15 is 0 Å². The van der Waals surface area contributed by atoms with Gasteiger partial charge in [0, 0.05) is 0 Å². The van der Waals surface area contributed by atoms with Crippen molar-refractivity contribution >= 4 is 0 Å². The number of nitrogens with zero attached hydrogens (tertiary/aromatic N) is 1. The van der Waals surface area contributed by atoms with Crippen LogP contribution in [-0.4, -0.2) is 13.6 Å². The lowest BCUT2D eigenvalue weighted by Gasteiger charge is -2.29. The van der Waals surface area contributed by atoms with Gasteiger partial charge in [-0.15, -0.1) is 0 Å². The summed E-state index contributed by atoms with van der Waals surface area (Å²) in [6, 6.07) is 19.7. The Labute approximate surface area is 132 Å². The number of hydrogen-bond donors (Lipinski definition) is 1. The maximum atomic E-state index is 10.2. The van der Waals surface area contributed by atoms with E-state index in [1.807, 2.05) is 7.05 Å². The second-order valence-corrected chi connectivity index (χ2v) is 6.04. The molecule has 0 fully saturated rings. The molecule has 0 radical (unpaired) electrons. The third kappa shape index (κ3) is 2.42. The highest BCUT2D eigenvalue weighted by molar-refractivity contribution is 5.54. The zero-order valence-electron chi connectivity index (χ0n) is 13.1. The fourth-order valence-corrected chi connectivity index (χ4v) is 3.70. The number of nitriles is 1. The van der Waals surface area contributed by atoms with Crippen LogP contribution in [0.15, 0.2) is 48.5 Å². The van der Waals surface area contributed by atoms with Crippen molar-refractivity contribution in [3.8, 4) is 6.07 Å². The molecule has 2 aromatic rings. The quantitative estimate of drug-likeness (QED) is 0.873. The Balaban J connectivity index is 2.18. The number of aryl methyl sites for hydroxylation is 2. The summed E-state index contributed by atoms with van der Waals surface area (Å²) in [6.07, 6.45) is 3.89. The summed E-state index contributed by atoms with van der Waals surface area (Å²) in [5, 5.41) is 13.4. The molecule has 2 nitrogen and oxygen atoms in total. The highest BCUT2D eigenvalue weighted by Gasteiger charge is 2.38. The molecule has 0 aliphatic heterocycles. The van der Waals surface area contributed by atoms with Crippen LogP contribution in [0.5, 0.6) is 0 Å². The van der Waals surface area contributed by atoms with Crippen molar-refractivity contribution in [1.82, 2.24) is 5.32 Å². The highest BCUT2D eigenvalue weighted by Crippen LogP contribution is 2.42. The molecule has 0 spiro atoms. The number of hydrogen-bond acceptors (Lipinski definition) is 2. The van der Waals surface area contributed by atoms with E-state index in [1.165, 1.54) is 22.3 Å². The molecule has 0 amide bonds. The molecular weight excluding hydrogens is 268 g/mol. The Bertz CT molecular complexity index is 649. The van der Waals surface area contributed by atoms with E-state index < -0.39 is 5.41 Å². The molecule has 0 aromatic heterocycles. The van der Waals surface area contributed by atoms with Gasteiger partial charge in [-0.3, -0.25) is 0 Å². The standard InChI is InChI=1S/C20H22N2/c1-22-14-6-13-20(15-21)18-9-4-2-7-16(18)11-12-17-8-3-5-10-19(17)20/h2-5,7-10,22H,6,11-14H2,1H3. The van der Waals surface area contributed by atoms with Gasteiger partial charge in [0.25, 0.3) is 0 Å². The first-order valence-electron chi connectivity index (χ1n) is 8.04. The van der Waals surface area contributed by atoms with Crippen LogP contribution >= 0.6 is 0 Å². The van der Waals surface area contributed by atoms with Gasteiger partial charge in [0.05, 0.1) is 6.07 Å². The Morgan fingerprint density at radius 1 is 1.00 bits per heavy atom. The van der Waals surface area contributed by atoms with Crippen molar-refractivity contribution in [3.05, 3.63) is 70.8 Å². The smallest absolute Gasteiger partial charge is 0.108 e. The Hall–Kier alpha value is -2.11. The fourth-order valence-electron chi connectivity index (χ4n) is 3.70. The molecular formula is C20H22N2. The first-order valence-corrected chi connectivity index (χ1v) is 8.04. The molecule has 1 aliphatic rings. The molecule has 2 heteroatoms. The predicted molar refractivity (Wildman–Crippen MR) is 89.8 cm³/mol. The predicted octanol–water partition coefficient (Wildman–Crippen LogP) is 3.59. The third-order valence-electron chi connectivity index (χ3n) is 4.79. The van der Waals surface area contributed by atoms with Gasteiger partial charge in [-0.2, -0.15) is 5.26 Å². The Morgan fingerprint density at radius 3 is 2.05 bits per heavy atom. The van der Waals surface area contributed by atoms with E-state index in [1.54, 1.807) is 0 Å². The second kappa shape index (κ2) is 6.34. The molecule has 0 atom stereocenters. The van der Waals surface area contributed by atoms with Crippen LogP contribution in [-0.2, 0) is 18.3 Å². The summed E-state index contributed by atoms with van der Waals surface area (Å²) in [5.41, 5.74) is 4.55. The largest absolute Gasteiger partial charge is 0.320 e. The highest BCUT2D eigenvalue weighted by atomic mass is 14.8. The van der Waals surface area contributed by atoms with Crippen molar-refractivity contribution < 1.29 is 0 Å². The summed E-state index contributed by atoms with van der Waals surface area (Å²) < 4.78 is 0. The van der Waals surface area contributed by atoms with Crippen molar-refractivity contribution in [2.75, 3.05) is 13.6 Å². The minimum atomic E-state index is -0.513. The molecule has 112 valence electrons. The average Bonchev–Trinajstić information content (AvgIpc) is 2.71. The monoisotopic (exact) mass is 290 g/mol. The summed E-state index contributed by atoms with van der Waals surface area (Å²) in [7, 11) is 1.97. The molecule has 0 unspecified atom stereocenters. The van der Waals surface area contributed by atoms with Crippen LogP contribution in [0.1, 0.15) is 35.1 Å². The van der Waals surface area contributed by atoms with Crippen molar-refractivity contribution in [2.45, 2.75) is 31.1 Å². The zero-order chi connectivity index (χ0) is 15.4. The molecule has 0 heterocycles. The maximum Gasteiger partial charge on any atom is 0.108 e. The van der Waals surface area contributed by atoms with Crippen LogP contribution in [0.2, 0.25) is 0 Å². The van der Waals surface area contributed by atoms with Gasteiger partial charge < -0.3 is 5.32 Å². The van der Waals surface area contributed by atoms with Crippen LogP contribution in [0, 0.1) is 11.3 Å². The Kier molecular flexibility index (Phi) is 4.27. The van der Waals surface area contributed by atoms with Gasteiger partial charge in [0.15, 0.2) is 0 Å². The third-order valence-corrected chi connectivity index (χ3v) is 4.79. The van der Waals surface area contributed by atoms with Crippen molar-refractivity contribution in [3.63, 3.8) is 0 Å². The van der Waals surface area contributed by atoms with Crippen LogP contribution in [0.3, 0.4) is 0 Å². The van der Waals surface area contributed by atoms with Gasteiger partial charge in [-0.05, 0) is 61.5 Å². The van der Waals surface area contributed by atoms with E-state index in [-0.39, 0.29) is 0 Å². The number of rotatable bonds is 4. The van der Waals surface area contributed by atoms with Crippen molar-refractivity contribution in [1.29, 1.82) is 5.26 Å². The van der Waals surface area contributed by atoms with E-state index in [0.717, 1.165) is 32.2 Å². The molecule has 0 bridgehead atoms. The van der Waals surface area contributed by atoms with Crippen molar-refractivity contribution in [2.24, 2.45) is 0 Å². The topological polar surface area (TPSA) is 35.8 Å². The second-order valence-electron chi connectivity index (χ2n) is 6.04. The van der Waals surface area contributed by atoms with E-state index in [4.69, 9.17) is 0 Å². The lowest BCUT2D eigenvalue weighted by molar-refractivity contribution is 0.546. The van der Waals surface area contributed by atoms with Gasteiger partial charge in [-0.25, -0.2) is 0 Å². The first-order chi connectivity index (χ1) is 10.8. The van der Waals surface area contributed by atoms with E-state index in [0.29, 0.717) is 0 Å². The number of nitrogens with one attached hydrogen (secondary N) is 1. The summed E-state index contributed by atoms with van der Waals surface area (Å²) in [4.78, 5) is 0. The molecule has 1 N–H and O–H groups in total. The van der Waals surface area contributed by atoms with Crippen LogP contribution in [0.25, 0.3) is 0 Å². The summed E-state index contributed by atoms with van der Waals surface area (Å²) >= 11 is 0. The lowest BCUT2D eigenvalue weighted by atomic mass is 9.70. The molecule has 0 saturated heterocycles. The van der Waals surface area contributed by atoms with Gasteiger partial charge in [0.1, 0.15) is 5.41 Å². The van der Waals surface area contributed by atoms with E-state index in [2.05, 4.69) is 59.9 Å². The normalized spacial score (nSPS) is 15.3. The fraction of sp³-hybridized carbons (Fsp3) is 0.350. The lowest BCUT2D eigenvalue weighted by Crippen LogP contribution is -2.28. The molecule has 2 aromatic carbocycles. The van der Waals surface area contributed by atoms with Crippen LogP contribution in [0.4, 0.5) is 0 Å². The molecule has 1 aliphatic carbocycles. The number of fused-ring (bicyclic) bond motifs is 2. The maximum absolute atomic E-state index is 10.2.